The van der Waals surface area contributed by atoms with Gasteiger partial charge in [-0.1, -0.05) is 27.7 Å². The number of alkyl carbamates (subject to hydrolysis) is 1. The van der Waals surface area contributed by atoms with Crippen LogP contribution < -0.4 is 5.32 Å². The van der Waals surface area contributed by atoms with Crippen LogP contribution in [0.15, 0.2) is 0 Å². The van der Waals surface area contributed by atoms with Gasteiger partial charge in [0.25, 0.3) is 0 Å². The molecule has 1 atom stereocenters. The lowest BCUT2D eigenvalue weighted by Crippen LogP contribution is -2.45. The molecule has 16 heavy (non-hydrogen) atoms. The summed E-state index contributed by atoms with van der Waals surface area (Å²) in [7, 11) is 1.26. The van der Waals surface area contributed by atoms with E-state index in [-0.39, 0.29) is 11.8 Å². The summed E-state index contributed by atoms with van der Waals surface area (Å²) >= 11 is 0. The first-order valence-corrected chi connectivity index (χ1v) is 5.39. The highest BCUT2D eigenvalue weighted by atomic mass is 16.5. The van der Waals surface area contributed by atoms with E-state index in [1.165, 1.54) is 7.11 Å². The smallest absolute Gasteiger partial charge is 0.407 e. The molecule has 0 heterocycles. The normalized spacial score (nSPS) is 12.4. The van der Waals surface area contributed by atoms with Gasteiger partial charge in [-0.2, -0.15) is 0 Å². The van der Waals surface area contributed by atoms with E-state index in [0.717, 1.165) is 0 Å². The molecule has 0 aliphatic heterocycles. The molecule has 0 aliphatic carbocycles. The molecule has 0 fully saturated rings. The van der Waals surface area contributed by atoms with E-state index >= 15 is 0 Å². The van der Waals surface area contributed by atoms with Crippen LogP contribution in [0.4, 0.5) is 4.79 Å². The molecule has 1 amide bonds. The molecule has 0 aromatic rings. The average Bonchev–Trinajstić information content (AvgIpc) is 2.21. The Balaban J connectivity index is 4.30. The van der Waals surface area contributed by atoms with Crippen LogP contribution in [0.2, 0.25) is 0 Å². The number of rotatable bonds is 5. The van der Waals surface area contributed by atoms with Crippen molar-refractivity contribution in [2.45, 2.75) is 33.7 Å². The summed E-state index contributed by atoms with van der Waals surface area (Å²) in [5.74, 6) is -0.192. The lowest BCUT2D eigenvalue weighted by Gasteiger charge is -2.20. The molecule has 0 saturated carbocycles. The maximum atomic E-state index is 11.6. The van der Waals surface area contributed by atoms with Gasteiger partial charge in [-0.05, 0) is 11.8 Å². The predicted octanol–water partition coefficient (Wildman–Crippen LogP) is 1.57. The highest BCUT2D eigenvalue weighted by Crippen LogP contribution is 2.05. The Morgan fingerprint density at radius 2 is 1.75 bits per heavy atom. The molecule has 0 radical (unpaired) electrons. The summed E-state index contributed by atoms with van der Waals surface area (Å²) in [5.41, 5.74) is 0. The van der Waals surface area contributed by atoms with E-state index in [2.05, 4.69) is 10.1 Å². The lowest BCUT2D eigenvalue weighted by atomic mass is 10.1. The second-order valence-corrected chi connectivity index (χ2v) is 4.38. The predicted molar refractivity (Wildman–Crippen MR) is 60.0 cm³/mol. The van der Waals surface area contributed by atoms with Crippen molar-refractivity contribution in [1.29, 1.82) is 0 Å². The van der Waals surface area contributed by atoms with Gasteiger partial charge in [0.15, 0.2) is 0 Å². The van der Waals surface area contributed by atoms with Crippen molar-refractivity contribution in [2.75, 3.05) is 13.7 Å². The molecule has 1 N–H and O–H groups in total. The molecular formula is C11H21NO4. The third kappa shape index (κ3) is 5.58. The minimum absolute atomic E-state index is 0.0428. The van der Waals surface area contributed by atoms with Gasteiger partial charge in [0.05, 0.1) is 13.7 Å². The van der Waals surface area contributed by atoms with Gasteiger partial charge in [-0.3, -0.25) is 0 Å². The Morgan fingerprint density at radius 1 is 1.19 bits per heavy atom. The van der Waals surface area contributed by atoms with Crippen LogP contribution >= 0.6 is 0 Å². The fourth-order valence-corrected chi connectivity index (χ4v) is 1.02. The van der Waals surface area contributed by atoms with E-state index in [4.69, 9.17) is 4.74 Å². The summed E-state index contributed by atoms with van der Waals surface area (Å²) < 4.78 is 9.51. The highest BCUT2D eigenvalue weighted by Gasteiger charge is 2.26. The topological polar surface area (TPSA) is 64.6 Å². The third-order valence-corrected chi connectivity index (χ3v) is 1.94. The molecule has 0 unspecified atom stereocenters. The van der Waals surface area contributed by atoms with Crippen molar-refractivity contribution in [1.82, 2.24) is 5.32 Å². The largest absolute Gasteiger partial charge is 0.464 e. The van der Waals surface area contributed by atoms with E-state index in [1.54, 1.807) is 0 Å². The number of hydrogen-bond acceptors (Lipinski definition) is 4. The second-order valence-electron chi connectivity index (χ2n) is 4.38. The Kier molecular flexibility index (Phi) is 6.53. The van der Waals surface area contributed by atoms with Gasteiger partial charge in [0.1, 0.15) is 6.04 Å². The lowest BCUT2D eigenvalue weighted by molar-refractivity contribution is -0.148. The molecule has 0 bridgehead atoms. The Hall–Kier alpha value is -1.26. The fourth-order valence-electron chi connectivity index (χ4n) is 1.02. The van der Waals surface area contributed by atoms with Gasteiger partial charge in [-0.15, -0.1) is 0 Å². The zero-order valence-electron chi connectivity index (χ0n) is 10.6. The molecule has 0 spiro atoms. The Morgan fingerprint density at radius 3 is 2.12 bits per heavy atom. The number of nitrogens with one attached hydrogen (secondary N) is 1. The first kappa shape index (κ1) is 14.7. The van der Waals surface area contributed by atoms with Crippen LogP contribution in [-0.2, 0) is 14.3 Å². The van der Waals surface area contributed by atoms with Gasteiger partial charge in [0, 0.05) is 0 Å². The number of carbonyl (C=O) groups excluding carboxylic acids is 2. The third-order valence-electron chi connectivity index (χ3n) is 1.94. The number of hydrogen-bond donors (Lipinski definition) is 1. The van der Waals surface area contributed by atoms with Crippen molar-refractivity contribution >= 4 is 12.1 Å². The molecule has 0 aliphatic rings. The van der Waals surface area contributed by atoms with E-state index < -0.39 is 18.1 Å². The number of ether oxygens (including phenoxy) is 2. The van der Waals surface area contributed by atoms with Gasteiger partial charge < -0.3 is 14.8 Å². The van der Waals surface area contributed by atoms with Gasteiger partial charge in [-0.25, -0.2) is 9.59 Å². The molecule has 5 heteroatoms. The van der Waals surface area contributed by atoms with Crippen LogP contribution in [0.1, 0.15) is 27.7 Å². The van der Waals surface area contributed by atoms with E-state index in [9.17, 15) is 9.59 Å². The summed E-state index contributed by atoms with van der Waals surface area (Å²) in [6, 6.07) is -0.661. The molecule has 0 saturated heterocycles. The molecular weight excluding hydrogens is 210 g/mol. The monoisotopic (exact) mass is 231 g/mol. The molecule has 94 valence electrons. The standard InChI is InChI=1S/C11H21NO4/c1-7(2)6-16-10(13)9(8(3)4)12-11(14)15-5/h7-9H,6H2,1-5H3,(H,12,14)/t9-/m0/s1. The van der Waals surface area contributed by atoms with Crippen molar-refractivity contribution in [3.8, 4) is 0 Å². The minimum atomic E-state index is -0.661. The molecule has 0 aromatic heterocycles. The number of methoxy groups -OCH3 is 1. The number of carbonyl (C=O) groups is 2. The van der Waals surface area contributed by atoms with Crippen molar-refractivity contribution in [3.05, 3.63) is 0 Å². The SMILES string of the molecule is COC(=O)N[C@H](C(=O)OCC(C)C)C(C)C. The van der Waals surface area contributed by atoms with Crippen LogP contribution in [0.5, 0.6) is 0 Å². The quantitative estimate of drug-likeness (QED) is 0.729. The van der Waals surface area contributed by atoms with Crippen LogP contribution in [0, 0.1) is 11.8 Å². The summed E-state index contributed by atoms with van der Waals surface area (Å²) in [5, 5.41) is 2.45. The molecule has 0 rings (SSSR count). The zero-order valence-corrected chi connectivity index (χ0v) is 10.6. The van der Waals surface area contributed by atoms with Crippen LogP contribution in [-0.4, -0.2) is 31.8 Å². The van der Waals surface area contributed by atoms with Gasteiger partial charge >= 0.3 is 12.1 Å². The molecule has 0 aromatic carbocycles. The fraction of sp³-hybridized carbons (Fsp3) is 0.818. The van der Waals surface area contributed by atoms with Crippen LogP contribution in [0.3, 0.4) is 0 Å². The van der Waals surface area contributed by atoms with Crippen LogP contribution in [0.25, 0.3) is 0 Å². The number of amides is 1. The van der Waals surface area contributed by atoms with E-state index in [1.807, 2.05) is 27.7 Å². The molecule has 5 nitrogen and oxygen atoms in total. The summed E-state index contributed by atoms with van der Waals surface area (Å²) in [6.45, 7) is 7.91. The van der Waals surface area contributed by atoms with Crippen molar-refractivity contribution in [2.24, 2.45) is 11.8 Å². The van der Waals surface area contributed by atoms with Crippen molar-refractivity contribution < 1.29 is 19.1 Å². The van der Waals surface area contributed by atoms with E-state index in [0.29, 0.717) is 6.61 Å². The highest BCUT2D eigenvalue weighted by molar-refractivity contribution is 5.81. The summed E-state index contributed by atoms with van der Waals surface area (Å²) in [6.07, 6.45) is -0.625. The first-order chi connectivity index (χ1) is 7.38. The van der Waals surface area contributed by atoms with Gasteiger partial charge in [0.2, 0.25) is 0 Å². The Labute approximate surface area is 96.5 Å². The Bertz CT molecular complexity index is 238. The summed E-state index contributed by atoms with van der Waals surface area (Å²) in [4.78, 5) is 22.7. The first-order valence-electron chi connectivity index (χ1n) is 5.39. The minimum Gasteiger partial charge on any atom is -0.464 e. The second kappa shape index (κ2) is 7.09. The maximum absolute atomic E-state index is 11.6. The zero-order chi connectivity index (χ0) is 12.7. The maximum Gasteiger partial charge on any atom is 0.407 e. The number of esters is 1. The van der Waals surface area contributed by atoms with Crippen molar-refractivity contribution in [3.63, 3.8) is 0 Å². The average molecular weight is 231 g/mol.